The van der Waals surface area contributed by atoms with Crippen LogP contribution in [0, 0.1) is 5.82 Å². The molecule has 0 aliphatic rings. The largest absolute Gasteiger partial charge is 0.448 e. The highest BCUT2D eigenvalue weighted by atomic mass is 35.5. The van der Waals surface area contributed by atoms with Gasteiger partial charge in [-0.25, -0.2) is 14.2 Å². The molecule has 1 amide bonds. The number of esters is 1. The lowest BCUT2D eigenvalue weighted by atomic mass is 10.3. The molecular weight excluding hydrogens is 313 g/mol. The number of aromatic nitrogens is 2. The Balaban J connectivity index is 1.99. The number of carbonyl (C=O) groups is 2. The number of amides is 1. The molecule has 1 atom stereocenters. The molecule has 0 radical (unpaired) electrons. The highest BCUT2D eigenvalue weighted by Gasteiger charge is 2.20. The predicted octanol–water partition coefficient (Wildman–Crippen LogP) is 2.45. The summed E-state index contributed by atoms with van der Waals surface area (Å²) in [6, 6.07) is 3.53. The third kappa shape index (κ3) is 3.98. The number of nitrogens with one attached hydrogen (secondary N) is 1. The molecule has 1 N–H and O–H groups in total. The first-order valence-corrected chi connectivity index (χ1v) is 6.58. The number of anilines is 1. The van der Waals surface area contributed by atoms with Crippen molar-refractivity contribution >= 4 is 29.2 Å². The van der Waals surface area contributed by atoms with Crippen LogP contribution in [0.2, 0.25) is 5.02 Å². The van der Waals surface area contributed by atoms with E-state index >= 15 is 0 Å². The molecule has 0 saturated heterocycles. The first-order valence-electron chi connectivity index (χ1n) is 6.20. The number of hydrogen-bond donors (Lipinski definition) is 1. The normalized spacial score (nSPS) is 11.6. The van der Waals surface area contributed by atoms with Crippen LogP contribution in [0.4, 0.5) is 10.1 Å². The van der Waals surface area contributed by atoms with Crippen molar-refractivity contribution in [2.24, 2.45) is 0 Å². The molecular formula is C14H11ClFN3O3. The molecule has 8 heteroatoms. The summed E-state index contributed by atoms with van der Waals surface area (Å²) in [7, 11) is 0. The van der Waals surface area contributed by atoms with Crippen LogP contribution in [-0.2, 0) is 9.53 Å². The zero-order chi connectivity index (χ0) is 16.1. The average molecular weight is 324 g/mol. The molecule has 2 aromatic rings. The summed E-state index contributed by atoms with van der Waals surface area (Å²) >= 11 is 5.80. The molecule has 0 fully saturated rings. The standard InChI is InChI=1S/C14H11ClFN3O3/c1-8(22-14(21)12-7-17-4-5-18-12)13(20)19-11-3-2-9(16)6-10(11)15/h2-8H,1H3,(H,19,20)/t8-/m0/s1. The predicted molar refractivity (Wildman–Crippen MR) is 76.9 cm³/mol. The van der Waals surface area contributed by atoms with Crippen LogP contribution in [0.1, 0.15) is 17.4 Å². The van der Waals surface area contributed by atoms with Gasteiger partial charge < -0.3 is 10.1 Å². The van der Waals surface area contributed by atoms with Crippen LogP contribution in [-0.4, -0.2) is 27.9 Å². The van der Waals surface area contributed by atoms with Crippen molar-refractivity contribution < 1.29 is 18.7 Å². The van der Waals surface area contributed by atoms with Gasteiger partial charge in [0.25, 0.3) is 5.91 Å². The minimum absolute atomic E-state index is 0.0121. The van der Waals surface area contributed by atoms with Gasteiger partial charge in [-0.1, -0.05) is 11.6 Å². The smallest absolute Gasteiger partial charge is 0.359 e. The van der Waals surface area contributed by atoms with Gasteiger partial charge >= 0.3 is 5.97 Å². The number of carbonyl (C=O) groups excluding carboxylic acids is 2. The minimum Gasteiger partial charge on any atom is -0.448 e. The molecule has 2 rings (SSSR count). The summed E-state index contributed by atoms with van der Waals surface area (Å²) in [6.45, 7) is 1.39. The Bertz CT molecular complexity index is 697. The van der Waals surface area contributed by atoms with Gasteiger partial charge in [0, 0.05) is 12.4 Å². The number of halogens is 2. The first kappa shape index (κ1) is 15.8. The molecule has 0 aliphatic carbocycles. The van der Waals surface area contributed by atoms with Crippen LogP contribution in [0.25, 0.3) is 0 Å². The van der Waals surface area contributed by atoms with Crippen molar-refractivity contribution in [2.75, 3.05) is 5.32 Å². The Morgan fingerprint density at radius 2 is 2.14 bits per heavy atom. The van der Waals surface area contributed by atoms with Crippen LogP contribution in [0.15, 0.2) is 36.8 Å². The zero-order valence-corrected chi connectivity index (χ0v) is 12.2. The maximum Gasteiger partial charge on any atom is 0.359 e. The van der Waals surface area contributed by atoms with Gasteiger partial charge in [0.15, 0.2) is 11.8 Å². The SMILES string of the molecule is C[C@H](OC(=O)c1cnccn1)C(=O)Nc1ccc(F)cc1Cl. The quantitative estimate of drug-likeness (QED) is 0.874. The minimum atomic E-state index is -1.09. The van der Waals surface area contributed by atoms with Gasteiger partial charge in [-0.15, -0.1) is 0 Å². The van der Waals surface area contributed by atoms with E-state index in [9.17, 15) is 14.0 Å². The maximum atomic E-state index is 12.9. The van der Waals surface area contributed by atoms with Crippen LogP contribution >= 0.6 is 11.6 Å². The summed E-state index contributed by atoms with van der Waals surface area (Å²) in [4.78, 5) is 31.2. The fourth-order valence-corrected chi connectivity index (χ4v) is 1.72. The Hall–Kier alpha value is -2.54. The van der Waals surface area contributed by atoms with Crippen molar-refractivity contribution in [3.63, 3.8) is 0 Å². The highest BCUT2D eigenvalue weighted by molar-refractivity contribution is 6.33. The van der Waals surface area contributed by atoms with Gasteiger partial charge in [0.05, 0.1) is 16.9 Å². The number of benzene rings is 1. The van der Waals surface area contributed by atoms with Crippen molar-refractivity contribution in [1.82, 2.24) is 9.97 Å². The lowest BCUT2D eigenvalue weighted by Crippen LogP contribution is -2.30. The topological polar surface area (TPSA) is 81.2 Å². The molecule has 0 saturated carbocycles. The average Bonchev–Trinajstić information content (AvgIpc) is 2.50. The Morgan fingerprint density at radius 1 is 1.36 bits per heavy atom. The lowest BCUT2D eigenvalue weighted by molar-refractivity contribution is -0.123. The molecule has 1 heterocycles. The molecule has 1 aromatic heterocycles. The fraction of sp³-hybridized carbons (Fsp3) is 0.143. The van der Waals surface area contributed by atoms with Crippen molar-refractivity contribution in [1.29, 1.82) is 0 Å². The number of nitrogens with zero attached hydrogens (tertiary/aromatic N) is 2. The Labute approximate surface area is 130 Å². The number of hydrogen-bond acceptors (Lipinski definition) is 5. The van der Waals surface area contributed by atoms with Crippen molar-refractivity contribution in [3.05, 3.63) is 53.3 Å². The van der Waals surface area contributed by atoms with Crippen molar-refractivity contribution in [2.45, 2.75) is 13.0 Å². The molecule has 0 bridgehead atoms. The van der Waals surface area contributed by atoms with Crippen molar-refractivity contribution in [3.8, 4) is 0 Å². The molecule has 0 spiro atoms. The van der Waals surface area contributed by atoms with E-state index in [1.807, 2.05) is 0 Å². The summed E-state index contributed by atoms with van der Waals surface area (Å²) in [5.41, 5.74) is 0.206. The van der Waals surface area contributed by atoms with Crippen LogP contribution in [0.5, 0.6) is 0 Å². The van der Waals surface area contributed by atoms with E-state index in [1.165, 1.54) is 31.6 Å². The monoisotopic (exact) mass is 323 g/mol. The molecule has 22 heavy (non-hydrogen) atoms. The van der Waals surface area contributed by atoms with E-state index in [2.05, 4.69) is 15.3 Å². The second-order valence-electron chi connectivity index (χ2n) is 4.25. The molecule has 0 unspecified atom stereocenters. The third-order valence-electron chi connectivity index (χ3n) is 2.61. The van der Waals surface area contributed by atoms with E-state index in [4.69, 9.17) is 16.3 Å². The summed E-state index contributed by atoms with van der Waals surface area (Å²) in [5, 5.41) is 2.49. The van der Waals surface area contributed by atoms with Gasteiger partial charge in [-0.2, -0.15) is 0 Å². The first-order chi connectivity index (χ1) is 10.5. The molecule has 114 valence electrons. The van der Waals surface area contributed by atoms with Gasteiger partial charge in [-0.05, 0) is 25.1 Å². The fourth-order valence-electron chi connectivity index (χ4n) is 1.50. The summed E-state index contributed by atoms with van der Waals surface area (Å²) < 4.78 is 17.9. The second-order valence-corrected chi connectivity index (χ2v) is 4.66. The Kier molecular flexibility index (Phi) is 5.00. The van der Waals surface area contributed by atoms with Gasteiger partial charge in [0.2, 0.25) is 0 Å². The Morgan fingerprint density at radius 3 is 2.77 bits per heavy atom. The van der Waals surface area contributed by atoms with Crippen LogP contribution < -0.4 is 5.32 Å². The maximum absolute atomic E-state index is 12.9. The summed E-state index contributed by atoms with van der Waals surface area (Å²) in [6.07, 6.45) is 2.88. The number of ether oxygens (including phenoxy) is 1. The third-order valence-corrected chi connectivity index (χ3v) is 2.93. The van der Waals surface area contributed by atoms with Crippen LogP contribution in [0.3, 0.4) is 0 Å². The second kappa shape index (κ2) is 6.95. The molecule has 6 nitrogen and oxygen atoms in total. The van der Waals surface area contributed by atoms with E-state index in [1.54, 1.807) is 0 Å². The van der Waals surface area contributed by atoms with E-state index in [0.29, 0.717) is 0 Å². The summed E-state index contributed by atoms with van der Waals surface area (Å²) in [5.74, 6) is -1.91. The van der Waals surface area contributed by atoms with Gasteiger partial charge in [0.1, 0.15) is 5.82 Å². The molecule has 1 aromatic carbocycles. The van der Waals surface area contributed by atoms with Gasteiger partial charge in [-0.3, -0.25) is 9.78 Å². The molecule has 0 aliphatic heterocycles. The van der Waals surface area contributed by atoms with E-state index < -0.39 is 23.8 Å². The van der Waals surface area contributed by atoms with E-state index in [0.717, 1.165) is 12.1 Å². The highest BCUT2D eigenvalue weighted by Crippen LogP contribution is 2.22. The zero-order valence-electron chi connectivity index (χ0n) is 11.4. The number of rotatable bonds is 4. The lowest BCUT2D eigenvalue weighted by Gasteiger charge is -2.13. The van der Waals surface area contributed by atoms with E-state index in [-0.39, 0.29) is 16.4 Å².